The van der Waals surface area contributed by atoms with Crippen molar-refractivity contribution in [3.63, 3.8) is 0 Å². The first-order chi connectivity index (χ1) is 7.34. The molecule has 1 aromatic carbocycles. The normalized spacial score (nSPS) is 11.1. The maximum Gasteiger partial charge on any atom is 0.276 e. The number of hydrogen-bond acceptors (Lipinski definition) is 2. The van der Waals surface area contributed by atoms with Gasteiger partial charge in [0.25, 0.3) is 9.70 Å². The van der Waals surface area contributed by atoms with Gasteiger partial charge < -0.3 is 10.1 Å². The number of rotatable bonds is 2. The maximum absolute atomic E-state index is 11.3. The molecule has 0 bridgehead atoms. The maximum atomic E-state index is 11.3. The lowest BCUT2D eigenvalue weighted by atomic mass is 10.3. The van der Waals surface area contributed by atoms with Gasteiger partial charge in [-0.05, 0) is 18.2 Å². The molecule has 0 radical (unpaired) electrons. The van der Waals surface area contributed by atoms with Gasteiger partial charge in [0.1, 0.15) is 5.75 Å². The van der Waals surface area contributed by atoms with E-state index in [1.54, 1.807) is 12.1 Å². The van der Waals surface area contributed by atoms with Crippen LogP contribution in [0, 0.1) is 0 Å². The van der Waals surface area contributed by atoms with Gasteiger partial charge in [-0.15, -0.1) is 0 Å². The molecule has 0 aliphatic carbocycles. The number of amides is 1. The largest absolute Gasteiger partial charge is 0.495 e. The summed E-state index contributed by atoms with van der Waals surface area (Å²) in [6.07, 6.45) is 0. The molecule has 0 heterocycles. The van der Waals surface area contributed by atoms with Crippen LogP contribution in [0.3, 0.4) is 0 Å². The van der Waals surface area contributed by atoms with Crippen molar-refractivity contribution in [2.45, 2.75) is 3.79 Å². The second kappa shape index (κ2) is 5.32. The average molecular weight is 303 g/mol. The standard InChI is InChI=1S/C9H7Cl4NO2/c1-16-7-3-2-5(4-6(7)10)14-8(15)9(11,12)13/h2-4H,1H3,(H,14,15). The van der Waals surface area contributed by atoms with E-state index in [9.17, 15) is 4.79 Å². The Bertz CT molecular complexity index is 403. The van der Waals surface area contributed by atoms with Gasteiger partial charge in [0.15, 0.2) is 0 Å². The SMILES string of the molecule is COc1ccc(NC(=O)C(Cl)(Cl)Cl)cc1Cl. The Morgan fingerprint density at radius 1 is 1.38 bits per heavy atom. The summed E-state index contributed by atoms with van der Waals surface area (Å²) in [6.45, 7) is 0. The van der Waals surface area contributed by atoms with E-state index in [0.717, 1.165) is 0 Å². The minimum absolute atomic E-state index is 0.351. The summed E-state index contributed by atoms with van der Waals surface area (Å²) in [5, 5.41) is 2.75. The molecule has 3 nitrogen and oxygen atoms in total. The van der Waals surface area contributed by atoms with E-state index >= 15 is 0 Å². The van der Waals surface area contributed by atoms with E-state index < -0.39 is 9.70 Å². The lowest BCUT2D eigenvalue weighted by molar-refractivity contribution is -0.115. The molecule has 0 saturated carbocycles. The first-order valence-electron chi connectivity index (χ1n) is 4.06. The zero-order chi connectivity index (χ0) is 12.3. The molecule has 1 amide bonds. The first-order valence-corrected chi connectivity index (χ1v) is 5.57. The second-order valence-electron chi connectivity index (χ2n) is 2.80. The van der Waals surface area contributed by atoms with Crippen molar-refractivity contribution < 1.29 is 9.53 Å². The van der Waals surface area contributed by atoms with E-state index in [1.165, 1.54) is 13.2 Å². The molecule has 0 aliphatic heterocycles. The predicted octanol–water partition coefficient (Wildman–Crippen LogP) is 3.66. The number of methoxy groups -OCH3 is 1. The zero-order valence-electron chi connectivity index (χ0n) is 8.06. The van der Waals surface area contributed by atoms with Crippen molar-refractivity contribution in [3.05, 3.63) is 23.2 Å². The number of benzene rings is 1. The molecule has 88 valence electrons. The van der Waals surface area contributed by atoms with Gasteiger partial charge >= 0.3 is 0 Å². The summed E-state index contributed by atoms with van der Waals surface area (Å²) in [6, 6.07) is 4.67. The van der Waals surface area contributed by atoms with Crippen LogP contribution in [0.4, 0.5) is 5.69 Å². The summed E-state index contributed by atoms with van der Waals surface area (Å²) in [5.74, 6) is -0.257. The fourth-order valence-corrected chi connectivity index (χ4v) is 1.35. The Kier molecular flexibility index (Phi) is 4.56. The second-order valence-corrected chi connectivity index (χ2v) is 5.49. The quantitative estimate of drug-likeness (QED) is 0.847. The van der Waals surface area contributed by atoms with Crippen LogP contribution in [0.15, 0.2) is 18.2 Å². The highest BCUT2D eigenvalue weighted by atomic mass is 35.6. The third kappa shape index (κ3) is 3.59. The van der Waals surface area contributed by atoms with Gasteiger partial charge in [-0.25, -0.2) is 0 Å². The van der Waals surface area contributed by atoms with Crippen LogP contribution in [0.2, 0.25) is 5.02 Å². The van der Waals surface area contributed by atoms with Gasteiger partial charge in [-0.2, -0.15) is 0 Å². The van der Waals surface area contributed by atoms with Crippen molar-refractivity contribution in [2.24, 2.45) is 0 Å². The smallest absolute Gasteiger partial charge is 0.276 e. The third-order valence-electron chi connectivity index (χ3n) is 1.67. The summed E-state index contributed by atoms with van der Waals surface area (Å²) >= 11 is 22.0. The molecular formula is C9H7Cl4NO2. The molecule has 1 N–H and O–H groups in total. The molecule has 0 aliphatic rings. The van der Waals surface area contributed by atoms with Crippen LogP contribution in [-0.4, -0.2) is 16.8 Å². The number of carbonyl (C=O) groups excluding carboxylic acids is 1. The van der Waals surface area contributed by atoms with E-state index in [0.29, 0.717) is 16.5 Å². The van der Waals surface area contributed by atoms with Crippen LogP contribution in [-0.2, 0) is 4.79 Å². The minimum Gasteiger partial charge on any atom is -0.495 e. The Balaban J connectivity index is 2.84. The molecular weight excluding hydrogens is 296 g/mol. The van der Waals surface area contributed by atoms with Crippen LogP contribution in [0.5, 0.6) is 5.75 Å². The molecule has 0 atom stereocenters. The van der Waals surface area contributed by atoms with Gasteiger partial charge in [0.2, 0.25) is 0 Å². The summed E-state index contributed by atoms with van der Waals surface area (Å²) < 4.78 is 2.94. The third-order valence-corrected chi connectivity index (χ3v) is 2.48. The highest BCUT2D eigenvalue weighted by Gasteiger charge is 2.30. The van der Waals surface area contributed by atoms with Crippen molar-refractivity contribution in [2.75, 3.05) is 12.4 Å². The molecule has 0 fully saturated rings. The molecule has 16 heavy (non-hydrogen) atoms. The van der Waals surface area contributed by atoms with E-state index in [-0.39, 0.29) is 0 Å². The van der Waals surface area contributed by atoms with E-state index in [4.69, 9.17) is 51.1 Å². The predicted molar refractivity (Wildman–Crippen MR) is 66.9 cm³/mol. The lowest BCUT2D eigenvalue weighted by Gasteiger charge is -2.12. The van der Waals surface area contributed by atoms with Crippen LogP contribution < -0.4 is 10.1 Å². The number of carbonyl (C=O) groups is 1. The van der Waals surface area contributed by atoms with Crippen LogP contribution in [0.25, 0.3) is 0 Å². The molecule has 0 spiro atoms. The lowest BCUT2D eigenvalue weighted by Crippen LogP contribution is -2.26. The number of halogens is 4. The fraction of sp³-hybridized carbons (Fsp3) is 0.222. The number of anilines is 1. The summed E-state index contributed by atoms with van der Waals surface area (Å²) in [5.41, 5.74) is 0.419. The van der Waals surface area contributed by atoms with Gasteiger partial charge in [-0.3, -0.25) is 4.79 Å². The Morgan fingerprint density at radius 2 is 2.00 bits per heavy atom. The topological polar surface area (TPSA) is 38.3 Å². The van der Waals surface area contributed by atoms with Crippen molar-refractivity contribution in [1.82, 2.24) is 0 Å². The average Bonchev–Trinajstić information content (AvgIpc) is 2.16. The Labute approximate surface area is 113 Å². The molecule has 7 heteroatoms. The number of nitrogens with one attached hydrogen (secondary N) is 1. The Morgan fingerprint density at radius 3 is 2.44 bits per heavy atom. The molecule has 0 aromatic heterocycles. The van der Waals surface area contributed by atoms with Crippen LogP contribution >= 0.6 is 46.4 Å². The molecule has 1 rings (SSSR count). The highest BCUT2D eigenvalue weighted by molar-refractivity contribution is 6.76. The van der Waals surface area contributed by atoms with Crippen molar-refractivity contribution in [1.29, 1.82) is 0 Å². The summed E-state index contributed by atoms with van der Waals surface area (Å²) in [7, 11) is 1.49. The number of hydrogen-bond donors (Lipinski definition) is 1. The number of ether oxygens (including phenoxy) is 1. The van der Waals surface area contributed by atoms with Crippen LogP contribution in [0.1, 0.15) is 0 Å². The fourth-order valence-electron chi connectivity index (χ4n) is 0.946. The van der Waals surface area contributed by atoms with Gasteiger partial charge in [0, 0.05) is 5.69 Å². The first kappa shape index (κ1) is 13.7. The van der Waals surface area contributed by atoms with Gasteiger partial charge in [0.05, 0.1) is 12.1 Å². The molecule has 1 aromatic rings. The monoisotopic (exact) mass is 301 g/mol. The summed E-state index contributed by atoms with van der Waals surface area (Å²) in [4.78, 5) is 11.3. The van der Waals surface area contributed by atoms with Crippen molar-refractivity contribution >= 4 is 58.0 Å². The molecule has 0 saturated heterocycles. The highest BCUT2D eigenvalue weighted by Crippen LogP contribution is 2.30. The van der Waals surface area contributed by atoms with Crippen molar-refractivity contribution in [3.8, 4) is 5.75 Å². The zero-order valence-corrected chi connectivity index (χ0v) is 11.1. The van der Waals surface area contributed by atoms with E-state index in [1.807, 2.05) is 0 Å². The van der Waals surface area contributed by atoms with Gasteiger partial charge in [-0.1, -0.05) is 46.4 Å². The van der Waals surface area contributed by atoms with E-state index in [2.05, 4.69) is 5.32 Å². The Hall–Kier alpha value is -0.350. The number of alkyl halides is 3. The molecule has 0 unspecified atom stereocenters. The minimum atomic E-state index is -2.01.